The van der Waals surface area contributed by atoms with Gasteiger partial charge in [-0.3, -0.25) is 0 Å². The summed E-state index contributed by atoms with van der Waals surface area (Å²) in [6, 6.07) is 2.72. The van der Waals surface area contributed by atoms with Crippen molar-refractivity contribution >= 4 is 5.82 Å². The van der Waals surface area contributed by atoms with Crippen LogP contribution in [-0.4, -0.2) is 46.2 Å². The first-order chi connectivity index (χ1) is 10.2. The van der Waals surface area contributed by atoms with Gasteiger partial charge in [-0.15, -0.1) is 0 Å². The van der Waals surface area contributed by atoms with Crippen molar-refractivity contribution in [3.8, 4) is 0 Å². The van der Waals surface area contributed by atoms with Gasteiger partial charge in [0.2, 0.25) is 0 Å². The number of halogens is 3. The lowest BCUT2D eigenvalue weighted by Gasteiger charge is -2.39. The fourth-order valence-electron chi connectivity index (χ4n) is 2.42. The van der Waals surface area contributed by atoms with Gasteiger partial charge in [0.1, 0.15) is 23.7 Å². The Hall–Kier alpha value is -1.38. The molecule has 1 aromatic rings. The normalized spacial score (nSPS) is 29.6. The first-order valence-corrected chi connectivity index (χ1v) is 6.98. The van der Waals surface area contributed by atoms with Crippen molar-refractivity contribution in [3.05, 3.63) is 23.9 Å². The number of nitrogens with zero attached hydrogens (tertiary/aromatic N) is 1. The zero-order valence-electron chi connectivity index (χ0n) is 12.2. The molecule has 0 radical (unpaired) electrons. The van der Waals surface area contributed by atoms with Crippen LogP contribution in [0, 0.1) is 5.92 Å². The van der Waals surface area contributed by atoms with Crippen molar-refractivity contribution in [3.63, 3.8) is 0 Å². The number of pyridine rings is 1. The molecule has 0 amide bonds. The van der Waals surface area contributed by atoms with Crippen molar-refractivity contribution < 1.29 is 28.1 Å². The van der Waals surface area contributed by atoms with Crippen LogP contribution in [0.15, 0.2) is 18.2 Å². The second-order valence-corrected chi connectivity index (χ2v) is 5.68. The van der Waals surface area contributed by atoms with Gasteiger partial charge in [0.05, 0.1) is 18.8 Å². The molecule has 0 bridgehead atoms. The summed E-state index contributed by atoms with van der Waals surface area (Å²) in [7, 11) is 0. The number of alkyl halides is 3. The molecule has 2 heterocycles. The van der Waals surface area contributed by atoms with Crippen LogP contribution < -0.4 is 5.32 Å². The van der Waals surface area contributed by atoms with E-state index >= 15 is 0 Å². The number of aliphatic hydroxyl groups excluding tert-OH is 2. The summed E-state index contributed by atoms with van der Waals surface area (Å²) < 4.78 is 43.3. The summed E-state index contributed by atoms with van der Waals surface area (Å²) in [6.07, 6.45) is -7.32. The lowest BCUT2D eigenvalue weighted by molar-refractivity contribution is -0.154. The van der Waals surface area contributed by atoms with Gasteiger partial charge in [0, 0.05) is 0 Å². The monoisotopic (exact) mass is 320 g/mol. The molecule has 1 unspecified atom stereocenters. The number of ether oxygens (including phenoxy) is 1. The summed E-state index contributed by atoms with van der Waals surface area (Å²) in [5.41, 5.74) is -1.02. The third-order valence-corrected chi connectivity index (χ3v) is 3.60. The highest BCUT2D eigenvalue weighted by Gasteiger charge is 2.40. The number of hydrogen-bond acceptors (Lipinski definition) is 5. The summed E-state index contributed by atoms with van der Waals surface area (Å²) in [4.78, 5) is 3.47. The first-order valence-electron chi connectivity index (χ1n) is 6.98. The number of rotatable bonds is 3. The average molecular weight is 320 g/mol. The lowest BCUT2D eigenvalue weighted by Crippen LogP contribution is -2.57. The molecule has 1 saturated heterocycles. The highest BCUT2D eigenvalue weighted by Crippen LogP contribution is 2.29. The number of nitrogens with one attached hydrogen (secondary N) is 1. The van der Waals surface area contributed by atoms with Gasteiger partial charge in [0.15, 0.2) is 0 Å². The predicted octanol–water partition coefficient (Wildman–Crippen LogP) is 1.66. The molecule has 0 saturated carbocycles. The van der Waals surface area contributed by atoms with E-state index in [9.17, 15) is 23.4 Å². The van der Waals surface area contributed by atoms with Gasteiger partial charge >= 0.3 is 6.18 Å². The van der Waals surface area contributed by atoms with Crippen LogP contribution in [0.25, 0.3) is 0 Å². The van der Waals surface area contributed by atoms with Crippen molar-refractivity contribution in [1.82, 2.24) is 4.98 Å². The van der Waals surface area contributed by atoms with Crippen molar-refractivity contribution in [1.29, 1.82) is 0 Å². The van der Waals surface area contributed by atoms with Crippen LogP contribution in [0.2, 0.25) is 0 Å². The van der Waals surface area contributed by atoms with Gasteiger partial charge in [-0.05, 0) is 18.1 Å². The molecule has 0 aliphatic carbocycles. The van der Waals surface area contributed by atoms with E-state index in [-0.39, 0.29) is 18.3 Å². The van der Waals surface area contributed by atoms with Crippen LogP contribution >= 0.6 is 0 Å². The second-order valence-electron chi connectivity index (χ2n) is 5.68. The molecule has 0 spiro atoms. The molecule has 1 fully saturated rings. The summed E-state index contributed by atoms with van der Waals surface area (Å²) in [5.74, 6) is -0.0186. The summed E-state index contributed by atoms with van der Waals surface area (Å²) in [6.45, 7) is 3.77. The van der Waals surface area contributed by atoms with Crippen LogP contribution in [-0.2, 0) is 10.9 Å². The minimum Gasteiger partial charge on any atom is -0.388 e. The number of aromatic nitrogens is 1. The van der Waals surface area contributed by atoms with Gasteiger partial charge in [-0.2, -0.15) is 13.2 Å². The van der Waals surface area contributed by atoms with Crippen molar-refractivity contribution in [2.45, 2.75) is 44.4 Å². The van der Waals surface area contributed by atoms with Crippen LogP contribution in [0.4, 0.5) is 19.0 Å². The molecular weight excluding hydrogens is 301 g/mol. The third kappa shape index (κ3) is 3.68. The number of hydrogen-bond donors (Lipinski definition) is 3. The summed E-state index contributed by atoms with van der Waals surface area (Å²) in [5, 5.41) is 22.8. The third-order valence-electron chi connectivity index (χ3n) is 3.60. The average Bonchev–Trinajstić information content (AvgIpc) is 2.43. The maximum Gasteiger partial charge on any atom is 0.433 e. The van der Waals surface area contributed by atoms with Gasteiger partial charge in [-0.25, -0.2) is 4.98 Å². The molecule has 0 aromatic carbocycles. The first kappa shape index (κ1) is 17.0. The standard InChI is InChI=1S/C14H19F3N2O3/c1-7(2)13-12(21)11(20)8(6-22-13)18-10-5-3-4-9(19-10)14(15,16)17/h3-5,7-8,11-13,20-21H,6H2,1-2H3,(H,18,19)/t8?,11-,12-,13-/m1/s1. The quantitative estimate of drug-likeness (QED) is 0.790. The van der Waals surface area contributed by atoms with Crippen LogP contribution in [0.1, 0.15) is 19.5 Å². The molecule has 1 aromatic heterocycles. The lowest BCUT2D eigenvalue weighted by atomic mass is 9.91. The van der Waals surface area contributed by atoms with E-state index in [0.717, 1.165) is 6.07 Å². The Bertz CT molecular complexity index is 510. The Morgan fingerprint density at radius 3 is 2.55 bits per heavy atom. The Morgan fingerprint density at radius 2 is 1.95 bits per heavy atom. The van der Waals surface area contributed by atoms with E-state index in [1.165, 1.54) is 12.1 Å². The van der Waals surface area contributed by atoms with E-state index in [1.807, 2.05) is 13.8 Å². The minimum absolute atomic E-state index is 0.0114. The van der Waals surface area contributed by atoms with Crippen LogP contribution in [0.5, 0.6) is 0 Å². The molecule has 1 aliphatic heterocycles. The Kier molecular flexibility index (Phi) is 4.93. The van der Waals surface area contributed by atoms with Gasteiger partial charge < -0.3 is 20.3 Å². The van der Waals surface area contributed by atoms with Crippen molar-refractivity contribution in [2.24, 2.45) is 5.92 Å². The Labute approximate surface area is 126 Å². The highest BCUT2D eigenvalue weighted by molar-refractivity contribution is 5.37. The highest BCUT2D eigenvalue weighted by atomic mass is 19.4. The van der Waals surface area contributed by atoms with E-state index < -0.39 is 36.2 Å². The van der Waals surface area contributed by atoms with E-state index in [1.54, 1.807) is 0 Å². The number of anilines is 1. The zero-order chi connectivity index (χ0) is 16.5. The largest absolute Gasteiger partial charge is 0.433 e. The van der Waals surface area contributed by atoms with E-state index in [2.05, 4.69) is 10.3 Å². The molecule has 3 N–H and O–H groups in total. The zero-order valence-corrected chi connectivity index (χ0v) is 12.2. The SMILES string of the molecule is CC(C)[C@H]1OCC(Nc2cccc(C(F)(F)F)n2)[C@@H](O)[C@H]1O. The van der Waals surface area contributed by atoms with E-state index in [4.69, 9.17) is 4.74 Å². The molecule has 4 atom stereocenters. The molecule has 124 valence electrons. The maximum atomic E-state index is 12.6. The predicted molar refractivity (Wildman–Crippen MR) is 73.2 cm³/mol. The van der Waals surface area contributed by atoms with Gasteiger partial charge in [-0.1, -0.05) is 19.9 Å². The fourth-order valence-corrected chi connectivity index (χ4v) is 2.42. The van der Waals surface area contributed by atoms with Crippen LogP contribution in [0.3, 0.4) is 0 Å². The Morgan fingerprint density at radius 1 is 1.27 bits per heavy atom. The summed E-state index contributed by atoms with van der Waals surface area (Å²) >= 11 is 0. The maximum absolute atomic E-state index is 12.6. The molecule has 1 aliphatic rings. The minimum atomic E-state index is -4.54. The Balaban J connectivity index is 2.09. The van der Waals surface area contributed by atoms with Gasteiger partial charge in [0.25, 0.3) is 0 Å². The number of aliphatic hydroxyl groups is 2. The molecule has 22 heavy (non-hydrogen) atoms. The molecular formula is C14H19F3N2O3. The molecule has 5 nitrogen and oxygen atoms in total. The smallest absolute Gasteiger partial charge is 0.388 e. The molecule has 2 rings (SSSR count). The topological polar surface area (TPSA) is 74.6 Å². The van der Waals surface area contributed by atoms with E-state index in [0.29, 0.717) is 0 Å². The fraction of sp³-hybridized carbons (Fsp3) is 0.643. The van der Waals surface area contributed by atoms with Crippen molar-refractivity contribution in [2.75, 3.05) is 11.9 Å². The molecule has 8 heteroatoms. The second kappa shape index (κ2) is 6.39.